The molecule has 88 valence electrons. The highest BCUT2D eigenvalue weighted by molar-refractivity contribution is 5.22. The molecule has 0 saturated heterocycles. The molecule has 0 amide bonds. The summed E-state index contributed by atoms with van der Waals surface area (Å²) in [5.41, 5.74) is 7.59. The van der Waals surface area contributed by atoms with E-state index in [9.17, 15) is 0 Å². The van der Waals surface area contributed by atoms with Crippen LogP contribution < -0.4 is 10.5 Å². The highest BCUT2D eigenvalue weighted by Crippen LogP contribution is 2.16. The van der Waals surface area contributed by atoms with E-state index in [0.29, 0.717) is 11.8 Å². The maximum absolute atomic E-state index is 6.07. The summed E-state index contributed by atoms with van der Waals surface area (Å²) in [7, 11) is 1.52. The smallest absolute Gasteiger partial charge is 0.316 e. The van der Waals surface area contributed by atoms with E-state index >= 15 is 0 Å². The number of aromatic nitrogens is 4. The fourth-order valence-corrected chi connectivity index (χ4v) is 1.41. The molecule has 0 aliphatic carbocycles. The van der Waals surface area contributed by atoms with Crippen molar-refractivity contribution in [2.75, 3.05) is 7.11 Å². The second-order valence-electron chi connectivity index (χ2n) is 3.51. The van der Waals surface area contributed by atoms with Crippen molar-refractivity contribution < 1.29 is 4.74 Å². The van der Waals surface area contributed by atoms with Gasteiger partial charge in [-0.1, -0.05) is 0 Å². The van der Waals surface area contributed by atoms with Gasteiger partial charge in [0.05, 0.1) is 18.8 Å². The highest BCUT2D eigenvalue weighted by atomic mass is 16.5. The SMILES string of the molecule is COc1ncc(C(N)c2ccnc(C)n2)cn1. The fourth-order valence-electron chi connectivity index (χ4n) is 1.41. The summed E-state index contributed by atoms with van der Waals surface area (Å²) in [5, 5.41) is 0. The van der Waals surface area contributed by atoms with Crippen molar-refractivity contribution in [1.82, 2.24) is 19.9 Å². The van der Waals surface area contributed by atoms with Gasteiger partial charge in [-0.15, -0.1) is 0 Å². The Balaban J connectivity index is 2.27. The number of aryl methyl sites for hydroxylation is 1. The van der Waals surface area contributed by atoms with Crippen LogP contribution in [0, 0.1) is 6.92 Å². The van der Waals surface area contributed by atoms with Crippen molar-refractivity contribution in [1.29, 1.82) is 0 Å². The lowest BCUT2D eigenvalue weighted by atomic mass is 10.1. The van der Waals surface area contributed by atoms with E-state index in [1.165, 1.54) is 7.11 Å². The predicted octanol–water partition coefficient (Wildman–Crippen LogP) is 0.632. The van der Waals surface area contributed by atoms with Crippen LogP contribution in [0.4, 0.5) is 0 Å². The second kappa shape index (κ2) is 4.84. The molecule has 0 fully saturated rings. The van der Waals surface area contributed by atoms with E-state index in [-0.39, 0.29) is 6.04 Å². The van der Waals surface area contributed by atoms with Crippen molar-refractivity contribution in [2.24, 2.45) is 5.73 Å². The molecule has 2 N–H and O–H groups in total. The molecule has 0 saturated carbocycles. The lowest BCUT2D eigenvalue weighted by Crippen LogP contribution is -2.15. The number of ether oxygens (including phenoxy) is 1. The van der Waals surface area contributed by atoms with Crippen LogP contribution in [0.2, 0.25) is 0 Å². The Morgan fingerprint density at radius 1 is 1.24 bits per heavy atom. The maximum Gasteiger partial charge on any atom is 0.316 e. The van der Waals surface area contributed by atoms with Crippen LogP contribution in [0.25, 0.3) is 0 Å². The van der Waals surface area contributed by atoms with Crippen molar-refractivity contribution in [2.45, 2.75) is 13.0 Å². The van der Waals surface area contributed by atoms with Crippen molar-refractivity contribution in [3.63, 3.8) is 0 Å². The average molecular weight is 231 g/mol. The van der Waals surface area contributed by atoms with Crippen molar-refractivity contribution in [3.8, 4) is 6.01 Å². The molecule has 2 aromatic heterocycles. The van der Waals surface area contributed by atoms with Gasteiger partial charge < -0.3 is 10.5 Å². The number of methoxy groups -OCH3 is 1. The molecule has 1 unspecified atom stereocenters. The van der Waals surface area contributed by atoms with E-state index < -0.39 is 0 Å². The molecule has 6 nitrogen and oxygen atoms in total. The Morgan fingerprint density at radius 3 is 2.53 bits per heavy atom. The summed E-state index contributed by atoms with van der Waals surface area (Å²) in [6, 6.07) is 1.74. The Labute approximate surface area is 98.9 Å². The third-order valence-electron chi connectivity index (χ3n) is 2.31. The summed E-state index contributed by atoms with van der Waals surface area (Å²) in [5.74, 6) is 0.687. The van der Waals surface area contributed by atoms with Crippen LogP contribution in [0.3, 0.4) is 0 Å². The van der Waals surface area contributed by atoms with Crippen LogP contribution >= 0.6 is 0 Å². The molecule has 2 rings (SSSR count). The van der Waals surface area contributed by atoms with Gasteiger partial charge in [-0.05, 0) is 13.0 Å². The zero-order valence-electron chi connectivity index (χ0n) is 9.66. The minimum absolute atomic E-state index is 0.319. The molecule has 0 bridgehead atoms. The first-order valence-electron chi connectivity index (χ1n) is 5.12. The van der Waals surface area contributed by atoms with Crippen LogP contribution in [0.5, 0.6) is 6.01 Å². The predicted molar refractivity (Wildman–Crippen MR) is 61.4 cm³/mol. The zero-order valence-corrected chi connectivity index (χ0v) is 9.66. The van der Waals surface area contributed by atoms with Gasteiger partial charge in [0, 0.05) is 24.2 Å². The van der Waals surface area contributed by atoms with Gasteiger partial charge in [0.15, 0.2) is 0 Å². The van der Waals surface area contributed by atoms with E-state index in [1.807, 2.05) is 6.92 Å². The van der Waals surface area contributed by atoms with E-state index in [2.05, 4.69) is 19.9 Å². The lowest BCUT2D eigenvalue weighted by Gasteiger charge is -2.10. The summed E-state index contributed by atoms with van der Waals surface area (Å²) < 4.78 is 4.89. The quantitative estimate of drug-likeness (QED) is 0.833. The normalized spacial score (nSPS) is 12.2. The summed E-state index contributed by atoms with van der Waals surface area (Å²) in [6.07, 6.45) is 4.95. The number of hydrogen-bond donors (Lipinski definition) is 1. The van der Waals surface area contributed by atoms with Gasteiger partial charge in [-0.3, -0.25) is 0 Å². The Hall–Kier alpha value is -2.08. The maximum atomic E-state index is 6.07. The fraction of sp³-hybridized carbons (Fsp3) is 0.273. The first-order valence-corrected chi connectivity index (χ1v) is 5.12. The number of nitrogens with zero attached hydrogens (tertiary/aromatic N) is 4. The average Bonchev–Trinajstić information content (AvgIpc) is 2.38. The molecule has 0 radical (unpaired) electrons. The molecule has 17 heavy (non-hydrogen) atoms. The third-order valence-corrected chi connectivity index (χ3v) is 2.31. The van der Waals surface area contributed by atoms with E-state index in [0.717, 1.165) is 11.3 Å². The minimum Gasteiger partial charge on any atom is -0.467 e. The van der Waals surface area contributed by atoms with Gasteiger partial charge >= 0.3 is 6.01 Å². The van der Waals surface area contributed by atoms with Gasteiger partial charge in [-0.25, -0.2) is 19.9 Å². The number of rotatable bonds is 3. The summed E-state index contributed by atoms with van der Waals surface area (Å²) >= 11 is 0. The molecular weight excluding hydrogens is 218 g/mol. The molecule has 2 aromatic rings. The third kappa shape index (κ3) is 2.54. The molecule has 0 spiro atoms. The van der Waals surface area contributed by atoms with E-state index in [1.54, 1.807) is 24.7 Å². The molecular formula is C11H13N5O. The molecule has 6 heteroatoms. The second-order valence-corrected chi connectivity index (χ2v) is 3.51. The Bertz CT molecular complexity index is 499. The highest BCUT2D eigenvalue weighted by Gasteiger charge is 2.11. The van der Waals surface area contributed by atoms with E-state index in [4.69, 9.17) is 10.5 Å². The Kier molecular flexibility index (Phi) is 3.24. The zero-order chi connectivity index (χ0) is 12.3. The molecule has 0 aliphatic rings. The molecule has 0 aromatic carbocycles. The van der Waals surface area contributed by atoms with Gasteiger partial charge in [-0.2, -0.15) is 0 Å². The van der Waals surface area contributed by atoms with Crippen LogP contribution in [-0.4, -0.2) is 27.0 Å². The van der Waals surface area contributed by atoms with Crippen LogP contribution in [-0.2, 0) is 0 Å². The lowest BCUT2D eigenvalue weighted by molar-refractivity contribution is 0.379. The van der Waals surface area contributed by atoms with Crippen molar-refractivity contribution in [3.05, 3.63) is 41.7 Å². The van der Waals surface area contributed by atoms with Crippen molar-refractivity contribution >= 4 is 0 Å². The molecule has 0 aliphatic heterocycles. The van der Waals surface area contributed by atoms with Crippen LogP contribution in [0.1, 0.15) is 23.1 Å². The first kappa shape index (κ1) is 11.4. The molecule has 1 atom stereocenters. The number of nitrogens with two attached hydrogens (primary N) is 1. The molecule has 2 heterocycles. The summed E-state index contributed by atoms with van der Waals surface area (Å²) in [6.45, 7) is 1.82. The van der Waals surface area contributed by atoms with Gasteiger partial charge in [0.2, 0.25) is 0 Å². The topological polar surface area (TPSA) is 86.8 Å². The summed E-state index contributed by atoms with van der Waals surface area (Å²) in [4.78, 5) is 16.3. The standard InChI is InChI=1S/C11H13N5O/c1-7-13-4-3-9(16-7)10(12)8-5-14-11(17-2)15-6-8/h3-6,10H,12H2,1-2H3. The van der Waals surface area contributed by atoms with Gasteiger partial charge in [0.1, 0.15) is 5.82 Å². The minimum atomic E-state index is -0.359. The Morgan fingerprint density at radius 2 is 1.94 bits per heavy atom. The monoisotopic (exact) mass is 231 g/mol. The van der Waals surface area contributed by atoms with Crippen LogP contribution in [0.15, 0.2) is 24.7 Å². The van der Waals surface area contributed by atoms with Gasteiger partial charge in [0.25, 0.3) is 0 Å². The first-order chi connectivity index (χ1) is 8.20. The number of hydrogen-bond acceptors (Lipinski definition) is 6. The largest absolute Gasteiger partial charge is 0.467 e.